The molecule has 0 unspecified atom stereocenters. The van der Waals surface area contributed by atoms with E-state index in [1.54, 1.807) is 24.4 Å². The average molecular weight is 250 g/mol. The van der Waals surface area contributed by atoms with Gasteiger partial charge in [0.1, 0.15) is 5.69 Å². The molecule has 80 valence electrons. The summed E-state index contributed by atoms with van der Waals surface area (Å²) in [5.74, 6) is 0. The highest BCUT2D eigenvalue weighted by atomic mass is 35.5. The Balaban J connectivity index is 2.31. The van der Waals surface area contributed by atoms with Gasteiger partial charge in [0.15, 0.2) is 0 Å². The lowest BCUT2D eigenvalue weighted by molar-refractivity contribution is 1.52. The third-order valence-corrected chi connectivity index (χ3v) is 2.69. The van der Waals surface area contributed by atoms with Crippen LogP contribution in [0, 0.1) is 0 Å². The molecule has 0 fully saturated rings. The van der Waals surface area contributed by atoms with Gasteiger partial charge in [0.05, 0.1) is 10.0 Å². The molecule has 2 rings (SSSR count). The smallest absolute Gasteiger partial charge is 0.100 e. The van der Waals surface area contributed by atoms with Crippen molar-refractivity contribution in [1.82, 2.24) is 0 Å². The Bertz CT molecular complexity index is 486. The van der Waals surface area contributed by atoms with Crippen LogP contribution in [0.25, 0.3) is 0 Å². The van der Waals surface area contributed by atoms with Crippen molar-refractivity contribution < 1.29 is 0 Å². The first-order valence-electron chi connectivity index (χ1n) is 4.80. The maximum Gasteiger partial charge on any atom is 0.100 e. The fourth-order valence-corrected chi connectivity index (χ4v) is 1.79. The summed E-state index contributed by atoms with van der Waals surface area (Å²) in [6.45, 7) is 0. The fourth-order valence-electron chi connectivity index (χ4n) is 1.29. The monoisotopic (exact) mass is 249 g/mol. The van der Waals surface area contributed by atoms with E-state index in [0.717, 1.165) is 5.56 Å². The molecule has 0 atom stereocenters. The van der Waals surface area contributed by atoms with Gasteiger partial charge in [0.25, 0.3) is 0 Å². The Labute approximate surface area is 104 Å². The molecule has 0 aromatic heterocycles. The molecule has 1 nitrogen and oxygen atoms in total. The summed E-state index contributed by atoms with van der Waals surface area (Å²) in [7, 11) is 0. The van der Waals surface area contributed by atoms with Crippen LogP contribution < -0.4 is 0 Å². The first kappa shape index (κ1) is 11.2. The molecule has 0 amide bonds. The molecule has 2 aromatic rings. The van der Waals surface area contributed by atoms with E-state index in [2.05, 4.69) is 4.99 Å². The van der Waals surface area contributed by atoms with E-state index in [1.807, 2.05) is 30.3 Å². The minimum Gasteiger partial charge on any atom is -0.253 e. The van der Waals surface area contributed by atoms with Gasteiger partial charge in [-0.2, -0.15) is 0 Å². The second kappa shape index (κ2) is 5.15. The maximum absolute atomic E-state index is 6.00. The molecule has 0 radical (unpaired) electrons. The lowest BCUT2D eigenvalue weighted by Gasteiger charge is -1.99. The van der Waals surface area contributed by atoms with Crippen molar-refractivity contribution in [3.63, 3.8) is 0 Å². The van der Waals surface area contributed by atoms with Crippen LogP contribution in [0.4, 0.5) is 5.69 Å². The molecule has 0 aliphatic rings. The van der Waals surface area contributed by atoms with Crippen molar-refractivity contribution in [2.24, 2.45) is 4.99 Å². The molecule has 0 saturated carbocycles. The summed E-state index contributed by atoms with van der Waals surface area (Å²) in [5.41, 5.74) is 1.62. The molecule has 16 heavy (non-hydrogen) atoms. The van der Waals surface area contributed by atoms with Crippen LogP contribution in [0.5, 0.6) is 0 Å². The standard InChI is InChI=1S/C13H9Cl2N/c14-11-7-4-8-12(15)13(11)16-9-10-5-2-1-3-6-10/h1-9H/b16-9+. The summed E-state index contributed by atoms with van der Waals surface area (Å²) < 4.78 is 0. The normalized spacial score (nSPS) is 10.9. The second-order valence-electron chi connectivity index (χ2n) is 3.24. The van der Waals surface area contributed by atoms with Crippen molar-refractivity contribution >= 4 is 35.1 Å². The summed E-state index contributed by atoms with van der Waals surface area (Å²) in [6.07, 6.45) is 1.74. The minimum absolute atomic E-state index is 0.555. The average Bonchev–Trinajstić information content (AvgIpc) is 2.30. The molecule has 0 bridgehead atoms. The van der Waals surface area contributed by atoms with Crippen LogP contribution >= 0.6 is 23.2 Å². The van der Waals surface area contributed by atoms with Crippen LogP contribution in [0.2, 0.25) is 10.0 Å². The molecule has 0 spiro atoms. The topological polar surface area (TPSA) is 12.4 Å². The van der Waals surface area contributed by atoms with Crippen molar-refractivity contribution in [3.8, 4) is 0 Å². The number of hydrogen-bond donors (Lipinski definition) is 0. The van der Waals surface area contributed by atoms with Gasteiger partial charge >= 0.3 is 0 Å². The summed E-state index contributed by atoms with van der Waals surface area (Å²) in [5, 5.41) is 1.11. The van der Waals surface area contributed by atoms with Crippen LogP contribution in [-0.4, -0.2) is 6.21 Å². The number of hydrogen-bond acceptors (Lipinski definition) is 1. The zero-order valence-electron chi connectivity index (χ0n) is 8.40. The number of para-hydroxylation sites is 1. The molecular weight excluding hydrogens is 241 g/mol. The van der Waals surface area contributed by atoms with Gasteiger partial charge in [-0.15, -0.1) is 0 Å². The second-order valence-corrected chi connectivity index (χ2v) is 4.05. The number of nitrogens with zero attached hydrogens (tertiary/aromatic N) is 1. The number of benzene rings is 2. The quantitative estimate of drug-likeness (QED) is 0.682. The Morgan fingerprint density at radius 2 is 1.44 bits per heavy atom. The van der Waals surface area contributed by atoms with Crippen molar-refractivity contribution in [2.45, 2.75) is 0 Å². The van der Waals surface area contributed by atoms with Crippen LogP contribution in [0.3, 0.4) is 0 Å². The molecule has 3 heteroatoms. The van der Waals surface area contributed by atoms with E-state index in [9.17, 15) is 0 Å². The van der Waals surface area contributed by atoms with Crippen molar-refractivity contribution in [2.75, 3.05) is 0 Å². The molecular formula is C13H9Cl2N. The van der Waals surface area contributed by atoms with E-state index in [0.29, 0.717) is 15.7 Å². The van der Waals surface area contributed by atoms with Gasteiger partial charge in [-0.1, -0.05) is 59.6 Å². The predicted molar refractivity (Wildman–Crippen MR) is 70.2 cm³/mol. The number of halogens is 2. The van der Waals surface area contributed by atoms with Gasteiger partial charge in [-0.3, -0.25) is 4.99 Å². The summed E-state index contributed by atoms with van der Waals surface area (Å²) in [4.78, 5) is 4.29. The van der Waals surface area contributed by atoms with Gasteiger partial charge in [-0.05, 0) is 17.7 Å². The third-order valence-electron chi connectivity index (χ3n) is 2.08. The molecule has 0 N–H and O–H groups in total. The van der Waals surface area contributed by atoms with E-state index in [4.69, 9.17) is 23.2 Å². The molecule has 0 heterocycles. The lowest BCUT2D eigenvalue weighted by atomic mass is 10.2. The Kier molecular flexibility index (Phi) is 3.60. The fraction of sp³-hybridized carbons (Fsp3) is 0. The van der Waals surface area contributed by atoms with Gasteiger partial charge in [0.2, 0.25) is 0 Å². The minimum atomic E-state index is 0.555. The first-order chi connectivity index (χ1) is 7.77. The molecule has 2 aromatic carbocycles. The van der Waals surface area contributed by atoms with E-state index >= 15 is 0 Å². The van der Waals surface area contributed by atoms with E-state index < -0.39 is 0 Å². The van der Waals surface area contributed by atoms with Gasteiger partial charge < -0.3 is 0 Å². The van der Waals surface area contributed by atoms with Crippen molar-refractivity contribution in [3.05, 3.63) is 64.1 Å². The maximum atomic E-state index is 6.00. The Morgan fingerprint density at radius 1 is 0.812 bits per heavy atom. The number of rotatable bonds is 2. The van der Waals surface area contributed by atoms with Crippen molar-refractivity contribution in [1.29, 1.82) is 0 Å². The Morgan fingerprint density at radius 3 is 2.06 bits per heavy atom. The predicted octanol–water partition coefficient (Wildman–Crippen LogP) is 4.74. The first-order valence-corrected chi connectivity index (χ1v) is 5.56. The van der Waals surface area contributed by atoms with Crippen LogP contribution in [0.15, 0.2) is 53.5 Å². The summed E-state index contributed by atoms with van der Waals surface area (Å²) in [6, 6.07) is 15.1. The molecule has 0 aliphatic heterocycles. The molecule has 0 aliphatic carbocycles. The van der Waals surface area contributed by atoms with Crippen LogP contribution in [0.1, 0.15) is 5.56 Å². The van der Waals surface area contributed by atoms with E-state index in [1.165, 1.54) is 0 Å². The SMILES string of the molecule is Clc1cccc(Cl)c1/N=C/c1ccccc1. The van der Waals surface area contributed by atoms with E-state index in [-0.39, 0.29) is 0 Å². The zero-order valence-corrected chi connectivity index (χ0v) is 9.91. The van der Waals surface area contributed by atoms with Crippen LogP contribution in [-0.2, 0) is 0 Å². The zero-order chi connectivity index (χ0) is 11.4. The number of aliphatic imine (C=N–C) groups is 1. The highest BCUT2D eigenvalue weighted by Crippen LogP contribution is 2.32. The van der Waals surface area contributed by atoms with Gasteiger partial charge in [-0.25, -0.2) is 0 Å². The Hall–Kier alpha value is -1.31. The highest BCUT2D eigenvalue weighted by Gasteiger charge is 2.01. The lowest BCUT2D eigenvalue weighted by Crippen LogP contribution is -1.79. The largest absolute Gasteiger partial charge is 0.253 e. The third kappa shape index (κ3) is 2.63. The summed E-state index contributed by atoms with van der Waals surface area (Å²) >= 11 is 12.0. The highest BCUT2D eigenvalue weighted by molar-refractivity contribution is 6.38. The van der Waals surface area contributed by atoms with Gasteiger partial charge in [0, 0.05) is 6.21 Å². The molecule has 0 saturated heterocycles.